The van der Waals surface area contributed by atoms with Crippen molar-refractivity contribution in [3.63, 3.8) is 0 Å². The van der Waals surface area contributed by atoms with E-state index in [1.54, 1.807) is 0 Å². The lowest BCUT2D eigenvalue weighted by Crippen LogP contribution is -2.01. The maximum atomic E-state index is 5.79. The molecule has 74 valence electrons. The Balaban J connectivity index is 2.76. The molecule has 0 unspecified atom stereocenters. The van der Waals surface area contributed by atoms with E-state index in [9.17, 15) is 0 Å². The molecule has 0 amide bonds. The topological polar surface area (TPSA) is 0 Å². The molecule has 0 bridgehead atoms. The Labute approximate surface area is 92.7 Å². The SMILES string of the molecule is [B]c1ccc2c(CC)c(CC)ccc2c1. The van der Waals surface area contributed by atoms with E-state index in [-0.39, 0.29) is 0 Å². The van der Waals surface area contributed by atoms with Gasteiger partial charge in [0.05, 0.1) is 0 Å². The van der Waals surface area contributed by atoms with Crippen LogP contribution in [0.2, 0.25) is 0 Å². The van der Waals surface area contributed by atoms with Crippen LogP contribution in [-0.2, 0) is 12.8 Å². The molecule has 0 aliphatic heterocycles. The molecule has 0 aliphatic carbocycles. The summed E-state index contributed by atoms with van der Waals surface area (Å²) in [6.45, 7) is 4.42. The first-order chi connectivity index (χ1) is 7.26. The monoisotopic (exact) mass is 194 g/mol. The Hall–Kier alpha value is -1.24. The quantitative estimate of drug-likeness (QED) is 0.645. The zero-order valence-electron chi connectivity index (χ0n) is 9.38. The standard InChI is InChI=1S/C14H15B/c1-3-10-5-6-11-9-12(15)7-8-14(11)13(10)4-2/h5-9H,3-4H2,1-2H3. The number of hydrogen-bond donors (Lipinski definition) is 0. The highest BCUT2D eigenvalue weighted by Gasteiger charge is 2.04. The lowest BCUT2D eigenvalue weighted by Gasteiger charge is -2.10. The lowest BCUT2D eigenvalue weighted by atomic mass is 9.90. The second-order valence-corrected chi connectivity index (χ2v) is 3.89. The molecule has 2 rings (SSSR count). The van der Waals surface area contributed by atoms with Crippen LogP contribution in [0.25, 0.3) is 10.8 Å². The highest BCUT2D eigenvalue weighted by atomic mass is 14.1. The summed E-state index contributed by atoms with van der Waals surface area (Å²) in [6, 6.07) is 10.6. The van der Waals surface area contributed by atoms with Crippen molar-refractivity contribution in [2.45, 2.75) is 26.7 Å². The van der Waals surface area contributed by atoms with Gasteiger partial charge in [-0.2, -0.15) is 0 Å². The van der Waals surface area contributed by atoms with Crippen LogP contribution in [0.4, 0.5) is 0 Å². The van der Waals surface area contributed by atoms with Crippen LogP contribution in [0.1, 0.15) is 25.0 Å². The fourth-order valence-electron chi connectivity index (χ4n) is 2.21. The van der Waals surface area contributed by atoms with Crippen LogP contribution in [0.3, 0.4) is 0 Å². The molecular formula is C14H15B. The highest BCUT2D eigenvalue weighted by molar-refractivity contribution is 6.33. The molecule has 2 aromatic rings. The third-order valence-corrected chi connectivity index (χ3v) is 2.99. The Morgan fingerprint density at radius 1 is 1.00 bits per heavy atom. The van der Waals surface area contributed by atoms with Gasteiger partial charge in [0.2, 0.25) is 0 Å². The minimum Gasteiger partial charge on any atom is -0.0960 e. The van der Waals surface area contributed by atoms with Gasteiger partial charge in [0.15, 0.2) is 0 Å². The molecule has 0 saturated heterocycles. The summed E-state index contributed by atoms with van der Waals surface area (Å²) < 4.78 is 0. The van der Waals surface area contributed by atoms with Crippen molar-refractivity contribution in [2.24, 2.45) is 0 Å². The maximum absolute atomic E-state index is 5.79. The van der Waals surface area contributed by atoms with Crippen LogP contribution in [-0.4, -0.2) is 7.85 Å². The van der Waals surface area contributed by atoms with Crippen molar-refractivity contribution >= 4 is 24.1 Å². The molecule has 0 N–H and O–H groups in total. The maximum Gasteiger partial charge on any atom is 0.113 e. The van der Waals surface area contributed by atoms with Crippen LogP contribution >= 0.6 is 0 Å². The molecule has 0 aromatic heterocycles. The first-order valence-corrected chi connectivity index (χ1v) is 5.56. The van der Waals surface area contributed by atoms with Crippen molar-refractivity contribution in [2.75, 3.05) is 0 Å². The van der Waals surface area contributed by atoms with Crippen molar-refractivity contribution in [1.82, 2.24) is 0 Å². The average Bonchev–Trinajstić information content (AvgIpc) is 2.27. The van der Waals surface area contributed by atoms with Gasteiger partial charge in [0.25, 0.3) is 0 Å². The van der Waals surface area contributed by atoms with E-state index in [2.05, 4.69) is 32.0 Å². The van der Waals surface area contributed by atoms with Crippen molar-refractivity contribution in [3.05, 3.63) is 41.5 Å². The van der Waals surface area contributed by atoms with Gasteiger partial charge in [-0.1, -0.05) is 49.6 Å². The molecule has 2 radical (unpaired) electrons. The summed E-state index contributed by atoms with van der Waals surface area (Å²) >= 11 is 0. The van der Waals surface area contributed by atoms with E-state index in [1.165, 1.54) is 21.9 Å². The zero-order chi connectivity index (χ0) is 10.8. The highest BCUT2D eigenvalue weighted by Crippen LogP contribution is 2.22. The van der Waals surface area contributed by atoms with E-state index >= 15 is 0 Å². The predicted octanol–water partition coefficient (Wildman–Crippen LogP) is 2.76. The Bertz CT molecular complexity index is 486. The average molecular weight is 194 g/mol. The molecule has 0 heterocycles. The first-order valence-electron chi connectivity index (χ1n) is 5.56. The van der Waals surface area contributed by atoms with Crippen LogP contribution < -0.4 is 5.46 Å². The molecule has 0 saturated carbocycles. The van der Waals surface area contributed by atoms with Gasteiger partial charge in [-0.15, -0.1) is 0 Å². The van der Waals surface area contributed by atoms with Crippen molar-refractivity contribution in [3.8, 4) is 0 Å². The Morgan fingerprint density at radius 3 is 2.47 bits per heavy atom. The van der Waals surface area contributed by atoms with Crippen LogP contribution in [0.5, 0.6) is 0 Å². The molecule has 0 fully saturated rings. The number of fused-ring (bicyclic) bond motifs is 1. The number of benzene rings is 2. The van der Waals surface area contributed by atoms with Crippen LogP contribution in [0.15, 0.2) is 30.3 Å². The van der Waals surface area contributed by atoms with E-state index < -0.39 is 0 Å². The third-order valence-electron chi connectivity index (χ3n) is 2.99. The van der Waals surface area contributed by atoms with Gasteiger partial charge in [-0.3, -0.25) is 0 Å². The number of rotatable bonds is 2. The van der Waals surface area contributed by atoms with E-state index in [1.807, 2.05) is 12.1 Å². The van der Waals surface area contributed by atoms with Gasteiger partial charge in [-0.05, 0) is 34.7 Å². The normalized spacial score (nSPS) is 10.8. The van der Waals surface area contributed by atoms with Gasteiger partial charge in [0.1, 0.15) is 7.85 Å². The van der Waals surface area contributed by atoms with Crippen LogP contribution in [0, 0.1) is 0 Å². The summed E-state index contributed by atoms with van der Waals surface area (Å²) in [6.07, 6.45) is 2.19. The Kier molecular flexibility index (Phi) is 2.81. The molecule has 0 spiro atoms. The summed E-state index contributed by atoms with van der Waals surface area (Å²) in [5.74, 6) is 0. The Morgan fingerprint density at radius 2 is 1.80 bits per heavy atom. The summed E-state index contributed by atoms with van der Waals surface area (Å²) in [5.41, 5.74) is 3.76. The van der Waals surface area contributed by atoms with Gasteiger partial charge < -0.3 is 0 Å². The van der Waals surface area contributed by atoms with E-state index in [0.717, 1.165) is 18.3 Å². The van der Waals surface area contributed by atoms with Gasteiger partial charge in [0, 0.05) is 0 Å². The van der Waals surface area contributed by atoms with Gasteiger partial charge in [-0.25, -0.2) is 0 Å². The van der Waals surface area contributed by atoms with E-state index in [4.69, 9.17) is 7.85 Å². The molecule has 2 aromatic carbocycles. The number of aryl methyl sites for hydroxylation is 2. The molecule has 1 heteroatoms. The largest absolute Gasteiger partial charge is 0.113 e. The molecule has 0 atom stereocenters. The predicted molar refractivity (Wildman–Crippen MR) is 68.1 cm³/mol. The molecule has 0 aliphatic rings. The molecule has 0 nitrogen and oxygen atoms in total. The smallest absolute Gasteiger partial charge is 0.0960 e. The minimum absolute atomic E-state index is 0.841. The summed E-state index contributed by atoms with van der Waals surface area (Å²) in [4.78, 5) is 0. The molecular weight excluding hydrogens is 179 g/mol. The zero-order valence-corrected chi connectivity index (χ0v) is 9.38. The third kappa shape index (κ3) is 1.79. The first kappa shape index (κ1) is 10.3. The fraction of sp³-hybridized carbons (Fsp3) is 0.286. The summed E-state index contributed by atoms with van der Waals surface area (Å²) in [5, 5.41) is 2.61. The second-order valence-electron chi connectivity index (χ2n) is 3.89. The van der Waals surface area contributed by atoms with Gasteiger partial charge >= 0.3 is 0 Å². The lowest BCUT2D eigenvalue weighted by molar-refractivity contribution is 1.05. The second kappa shape index (κ2) is 4.10. The fourth-order valence-corrected chi connectivity index (χ4v) is 2.21. The summed E-state index contributed by atoms with van der Waals surface area (Å²) in [7, 11) is 5.79. The van der Waals surface area contributed by atoms with Crippen molar-refractivity contribution in [1.29, 1.82) is 0 Å². The van der Waals surface area contributed by atoms with E-state index in [0.29, 0.717) is 0 Å². The van der Waals surface area contributed by atoms with Crippen molar-refractivity contribution < 1.29 is 0 Å². The minimum atomic E-state index is 0.841. The number of hydrogen-bond acceptors (Lipinski definition) is 0. The molecule has 15 heavy (non-hydrogen) atoms.